The van der Waals surface area contributed by atoms with E-state index < -0.39 is 0 Å². The van der Waals surface area contributed by atoms with Gasteiger partial charge in [-0.1, -0.05) is 6.58 Å². The van der Waals surface area contributed by atoms with Crippen molar-refractivity contribution < 1.29 is 9.47 Å². The van der Waals surface area contributed by atoms with Crippen LogP contribution >= 0.6 is 0 Å². The van der Waals surface area contributed by atoms with Gasteiger partial charge in [0.25, 0.3) is 0 Å². The molecule has 1 atom stereocenters. The molecule has 0 saturated heterocycles. The van der Waals surface area contributed by atoms with Crippen LogP contribution in [0.4, 0.5) is 0 Å². The Morgan fingerprint density at radius 3 is 2.87 bits per heavy atom. The molecule has 1 aromatic rings. The Morgan fingerprint density at radius 2 is 2.27 bits per heavy atom. The average molecular weight is 204 g/mol. The van der Waals surface area contributed by atoms with Gasteiger partial charge in [0.05, 0.1) is 7.11 Å². The number of methoxy groups -OCH3 is 1. The van der Waals surface area contributed by atoms with E-state index in [0.717, 1.165) is 23.5 Å². The lowest BCUT2D eigenvalue weighted by Crippen LogP contribution is -2.30. The largest absolute Gasteiger partial charge is 0.497 e. The van der Waals surface area contributed by atoms with E-state index in [9.17, 15) is 0 Å². The fraction of sp³-hybridized carbons (Fsp3) is 0.385. The number of rotatable bonds is 2. The van der Waals surface area contributed by atoms with Crippen molar-refractivity contribution in [1.82, 2.24) is 0 Å². The molecule has 0 aromatic heterocycles. The summed E-state index contributed by atoms with van der Waals surface area (Å²) in [5, 5.41) is 0. The van der Waals surface area contributed by atoms with Crippen LogP contribution in [0.1, 0.15) is 19.4 Å². The Hall–Kier alpha value is -1.44. The van der Waals surface area contributed by atoms with Gasteiger partial charge in [-0.3, -0.25) is 0 Å². The summed E-state index contributed by atoms with van der Waals surface area (Å²) in [4.78, 5) is 0. The first-order valence-corrected chi connectivity index (χ1v) is 5.07. The van der Waals surface area contributed by atoms with Gasteiger partial charge in [0.15, 0.2) is 0 Å². The lowest BCUT2D eigenvalue weighted by molar-refractivity contribution is 0.157. The molecule has 0 spiro atoms. The lowest BCUT2D eigenvalue weighted by Gasteiger charge is -2.23. The third-order valence-corrected chi connectivity index (χ3v) is 3.03. The Kier molecular flexibility index (Phi) is 2.22. The monoisotopic (exact) mass is 204 g/mol. The third-order valence-electron chi connectivity index (χ3n) is 3.03. The third kappa shape index (κ3) is 1.60. The maximum Gasteiger partial charge on any atom is 0.131 e. The fourth-order valence-electron chi connectivity index (χ4n) is 1.80. The number of hydrogen-bond donors (Lipinski definition) is 0. The predicted molar refractivity (Wildman–Crippen MR) is 60.5 cm³/mol. The first-order chi connectivity index (χ1) is 7.05. The SMILES string of the molecule is C=C(C)[C@]1(C)Cc2cc(OC)ccc2O1. The second kappa shape index (κ2) is 3.30. The molecule has 0 N–H and O–H groups in total. The molecule has 2 rings (SSSR count). The van der Waals surface area contributed by atoms with Crippen LogP contribution in [0.5, 0.6) is 11.5 Å². The maximum absolute atomic E-state index is 5.90. The van der Waals surface area contributed by atoms with Gasteiger partial charge < -0.3 is 9.47 Å². The molecular weight excluding hydrogens is 188 g/mol. The van der Waals surface area contributed by atoms with Crippen LogP contribution in [0.15, 0.2) is 30.4 Å². The van der Waals surface area contributed by atoms with Crippen molar-refractivity contribution in [1.29, 1.82) is 0 Å². The zero-order valence-corrected chi connectivity index (χ0v) is 9.46. The molecule has 1 aliphatic heterocycles. The Bertz CT molecular complexity index is 409. The Morgan fingerprint density at radius 1 is 1.53 bits per heavy atom. The number of fused-ring (bicyclic) bond motifs is 1. The molecule has 0 amide bonds. The second-order valence-corrected chi connectivity index (χ2v) is 4.26. The zero-order valence-electron chi connectivity index (χ0n) is 9.46. The summed E-state index contributed by atoms with van der Waals surface area (Å²) in [5.41, 5.74) is 1.99. The van der Waals surface area contributed by atoms with Crippen molar-refractivity contribution in [2.45, 2.75) is 25.9 Å². The second-order valence-electron chi connectivity index (χ2n) is 4.26. The van der Waals surface area contributed by atoms with Crippen molar-refractivity contribution >= 4 is 0 Å². The van der Waals surface area contributed by atoms with E-state index in [-0.39, 0.29) is 5.60 Å². The quantitative estimate of drug-likeness (QED) is 0.689. The van der Waals surface area contributed by atoms with Gasteiger partial charge in [0, 0.05) is 12.0 Å². The van der Waals surface area contributed by atoms with Crippen molar-refractivity contribution in [2.24, 2.45) is 0 Å². The highest BCUT2D eigenvalue weighted by molar-refractivity contribution is 5.46. The Labute approximate surface area is 90.5 Å². The lowest BCUT2D eigenvalue weighted by atomic mass is 9.93. The number of benzene rings is 1. The van der Waals surface area contributed by atoms with Crippen LogP contribution in [0.2, 0.25) is 0 Å². The predicted octanol–water partition coefficient (Wildman–Crippen LogP) is 2.96. The Balaban J connectivity index is 2.35. The summed E-state index contributed by atoms with van der Waals surface area (Å²) in [6.07, 6.45) is 0.870. The van der Waals surface area contributed by atoms with Crippen LogP contribution < -0.4 is 9.47 Å². The molecule has 0 radical (unpaired) electrons. The van der Waals surface area contributed by atoms with Crippen LogP contribution in [0, 0.1) is 0 Å². The molecule has 0 saturated carbocycles. The van der Waals surface area contributed by atoms with Crippen LogP contribution in [0.3, 0.4) is 0 Å². The van der Waals surface area contributed by atoms with E-state index in [4.69, 9.17) is 9.47 Å². The van der Waals surface area contributed by atoms with Gasteiger partial charge in [-0.2, -0.15) is 0 Å². The van der Waals surface area contributed by atoms with Gasteiger partial charge in [-0.15, -0.1) is 0 Å². The highest BCUT2D eigenvalue weighted by atomic mass is 16.5. The van der Waals surface area contributed by atoms with Gasteiger partial charge in [0.1, 0.15) is 17.1 Å². The van der Waals surface area contributed by atoms with Gasteiger partial charge in [-0.05, 0) is 37.6 Å². The van der Waals surface area contributed by atoms with Gasteiger partial charge >= 0.3 is 0 Å². The van der Waals surface area contributed by atoms with E-state index in [2.05, 4.69) is 13.5 Å². The number of ether oxygens (including phenoxy) is 2. The topological polar surface area (TPSA) is 18.5 Å². The smallest absolute Gasteiger partial charge is 0.131 e. The minimum atomic E-state index is -0.255. The summed E-state index contributed by atoms with van der Waals surface area (Å²) in [7, 11) is 1.68. The molecular formula is C13H16O2. The summed E-state index contributed by atoms with van der Waals surface area (Å²) in [6.45, 7) is 8.05. The number of hydrogen-bond acceptors (Lipinski definition) is 2. The van der Waals surface area contributed by atoms with Gasteiger partial charge in [0.2, 0.25) is 0 Å². The normalized spacial score (nSPS) is 23.1. The van der Waals surface area contributed by atoms with Crippen LogP contribution in [-0.2, 0) is 6.42 Å². The molecule has 1 heterocycles. The first kappa shape index (κ1) is 10.1. The zero-order chi connectivity index (χ0) is 11.1. The van der Waals surface area contributed by atoms with Crippen molar-refractivity contribution in [3.63, 3.8) is 0 Å². The molecule has 2 nitrogen and oxygen atoms in total. The molecule has 15 heavy (non-hydrogen) atoms. The van der Waals surface area contributed by atoms with Crippen molar-refractivity contribution in [3.05, 3.63) is 35.9 Å². The maximum atomic E-state index is 5.90. The minimum Gasteiger partial charge on any atom is -0.497 e. The van der Waals surface area contributed by atoms with E-state index >= 15 is 0 Å². The molecule has 2 heteroatoms. The van der Waals surface area contributed by atoms with Crippen LogP contribution in [0.25, 0.3) is 0 Å². The van der Waals surface area contributed by atoms with E-state index in [1.165, 1.54) is 5.56 Å². The standard InChI is InChI=1S/C13H16O2/c1-9(2)13(3)8-10-7-11(14-4)5-6-12(10)15-13/h5-7H,1,8H2,2-4H3/t13-/m0/s1. The fourth-order valence-corrected chi connectivity index (χ4v) is 1.80. The van der Waals surface area contributed by atoms with Gasteiger partial charge in [-0.25, -0.2) is 0 Å². The van der Waals surface area contributed by atoms with Crippen molar-refractivity contribution in [3.8, 4) is 11.5 Å². The van der Waals surface area contributed by atoms with Crippen LogP contribution in [-0.4, -0.2) is 12.7 Å². The molecule has 1 aliphatic rings. The highest BCUT2D eigenvalue weighted by Gasteiger charge is 2.35. The minimum absolute atomic E-state index is 0.255. The van der Waals surface area contributed by atoms with E-state index in [1.54, 1.807) is 7.11 Å². The molecule has 0 bridgehead atoms. The molecule has 80 valence electrons. The molecule has 0 fully saturated rings. The van der Waals surface area contributed by atoms with E-state index in [0.29, 0.717) is 0 Å². The molecule has 1 aromatic carbocycles. The summed E-state index contributed by atoms with van der Waals surface area (Å²) < 4.78 is 11.1. The van der Waals surface area contributed by atoms with Crippen molar-refractivity contribution in [2.75, 3.05) is 7.11 Å². The highest BCUT2D eigenvalue weighted by Crippen LogP contribution is 2.39. The first-order valence-electron chi connectivity index (χ1n) is 5.07. The molecule has 0 unspecified atom stereocenters. The summed E-state index contributed by atoms with van der Waals surface area (Å²) in [6, 6.07) is 5.91. The molecule has 0 aliphatic carbocycles. The average Bonchev–Trinajstić information content (AvgIpc) is 2.54. The summed E-state index contributed by atoms with van der Waals surface area (Å²) in [5.74, 6) is 1.82. The van der Waals surface area contributed by atoms with E-state index in [1.807, 2.05) is 25.1 Å². The summed E-state index contributed by atoms with van der Waals surface area (Å²) >= 11 is 0.